The molecule has 2 N–H and O–H groups in total. The molecule has 4 heteroatoms. The van der Waals surface area contributed by atoms with Crippen LogP contribution in [0.3, 0.4) is 0 Å². The van der Waals surface area contributed by atoms with Crippen molar-refractivity contribution in [3.8, 4) is 0 Å². The van der Waals surface area contributed by atoms with Crippen molar-refractivity contribution in [2.45, 2.75) is 43.7 Å². The van der Waals surface area contributed by atoms with E-state index in [1.165, 1.54) is 0 Å². The standard InChI is InChI=1S/C16H23NO3/c1-20-16(8-5-9-16)11-15(19)17-14(12-18)10-13-6-3-2-4-7-13/h2-4,6-7,14,18H,5,8-12H2,1H3,(H,17,19)/t14-/m1/s1. The maximum Gasteiger partial charge on any atom is 0.223 e. The summed E-state index contributed by atoms with van der Waals surface area (Å²) in [5.41, 5.74) is 0.841. The molecule has 4 nitrogen and oxygen atoms in total. The first-order valence-electron chi connectivity index (χ1n) is 7.17. The summed E-state index contributed by atoms with van der Waals surface area (Å²) < 4.78 is 5.45. The minimum Gasteiger partial charge on any atom is -0.394 e. The highest BCUT2D eigenvalue weighted by molar-refractivity contribution is 5.77. The SMILES string of the molecule is COC1(CC(=O)N[C@@H](CO)Cc2ccccc2)CCC1. The van der Waals surface area contributed by atoms with Crippen LogP contribution in [0.2, 0.25) is 0 Å². The zero-order chi connectivity index (χ0) is 14.4. The van der Waals surface area contributed by atoms with Gasteiger partial charge in [0.05, 0.1) is 24.7 Å². The highest BCUT2D eigenvalue weighted by Crippen LogP contribution is 2.37. The molecule has 1 aliphatic carbocycles. The van der Waals surface area contributed by atoms with E-state index in [1.807, 2.05) is 30.3 Å². The molecule has 1 fully saturated rings. The summed E-state index contributed by atoms with van der Waals surface area (Å²) in [6.45, 7) is -0.0549. The van der Waals surface area contributed by atoms with Crippen LogP contribution in [0.4, 0.5) is 0 Å². The number of nitrogens with one attached hydrogen (secondary N) is 1. The summed E-state index contributed by atoms with van der Waals surface area (Å²) in [6.07, 6.45) is 4.03. The van der Waals surface area contributed by atoms with Crippen LogP contribution >= 0.6 is 0 Å². The molecule has 20 heavy (non-hydrogen) atoms. The van der Waals surface area contributed by atoms with Gasteiger partial charge in [-0.2, -0.15) is 0 Å². The first-order valence-corrected chi connectivity index (χ1v) is 7.17. The fraction of sp³-hybridized carbons (Fsp3) is 0.562. The smallest absolute Gasteiger partial charge is 0.223 e. The molecule has 0 heterocycles. The lowest BCUT2D eigenvalue weighted by Gasteiger charge is -2.40. The zero-order valence-electron chi connectivity index (χ0n) is 12.0. The summed E-state index contributed by atoms with van der Waals surface area (Å²) in [7, 11) is 1.67. The molecule has 1 aromatic carbocycles. The van der Waals surface area contributed by atoms with Gasteiger partial charge < -0.3 is 15.2 Å². The van der Waals surface area contributed by atoms with Crippen LogP contribution in [0.15, 0.2) is 30.3 Å². The minimum atomic E-state index is -0.267. The Balaban J connectivity index is 1.85. The van der Waals surface area contributed by atoms with Crippen LogP contribution in [0.5, 0.6) is 0 Å². The maximum atomic E-state index is 12.1. The topological polar surface area (TPSA) is 58.6 Å². The second-order valence-corrected chi connectivity index (χ2v) is 5.55. The first kappa shape index (κ1) is 15.0. The number of aliphatic hydroxyl groups is 1. The summed E-state index contributed by atoms with van der Waals surface area (Å²) in [5, 5.41) is 12.3. The fourth-order valence-corrected chi connectivity index (χ4v) is 2.66. The summed E-state index contributed by atoms with van der Waals surface area (Å²) in [4.78, 5) is 12.1. The summed E-state index contributed by atoms with van der Waals surface area (Å²) in [6, 6.07) is 9.63. The molecule has 0 unspecified atom stereocenters. The van der Waals surface area contributed by atoms with Crippen molar-refractivity contribution in [3.05, 3.63) is 35.9 Å². The van der Waals surface area contributed by atoms with Crippen LogP contribution in [0.1, 0.15) is 31.2 Å². The van der Waals surface area contributed by atoms with E-state index in [1.54, 1.807) is 7.11 Å². The molecular weight excluding hydrogens is 254 g/mol. The number of carbonyl (C=O) groups is 1. The largest absolute Gasteiger partial charge is 0.394 e. The number of rotatable bonds is 7. The Hall–Kier alpha value is -1.39. The van der Waals surface area contributed by atoms with Crippen molar-refractivity contribution in [1.29, 1.82) is 0 Å². The number of benzene rings is 1. The molecule has 0 aromatic heterocycles. The van der Waals surface area contributed by atoms with Crippen molar-refractivity contribution < 1.29 is 14.6 Å². The van der Waals surface area contributed by atoms with Crippen LogP contribution in [-0.2, 0) is 16.0 Å². The summed E-state index contributed by atoms with van der Waals surface area (Å²) in [5.74, 6) is -0.0402. The average molecular weight is 277 g/mol. The third-order valence-electron chi connectivity index (χ3n) is 4.09. The molecule has 0 bridgehead atoms. The van der Waals surface area contributed by atoms with Crippen molar-refractivity contribution in [1.82, 2.24) is 5.32 Å². The van der Waals surface area contributed by atoms with E-state index in [2.05, 4.69) is 5.32 Å². The quantitative estimate of drug-likeness (QED) is 0.797. The minimum absolute atomic E-state index is 0.0402. The first-order chi connectivity index (χ1) is 9.67. The normalized spacial score (nSPS) is 18.1. The van der Waals surface area contributed by atoms with Gasteiger partial charge >= 0.3 is 0 Å². The molecular formula is C16H23NO3. The van der Waals surface area contributed by atoms with Gasteiger partial charge in [-0.3, -0.25) is 4.79 Å². The van der Waals surface area contributed by atoms with E-state index in [4.69, 9.17) is 4.74 Å². The molecule has 1 saturated carbocycles. The van der Waals surface area contributed by atoms with E-state index in [0.717, 1.165) is 24.8 Å². The average Bonchev–Trinajstić information content (AvgIpc) is 2.43. The van der Waals surface area contributed by atoms with E-state index in [0.29, 0.717) is 12.8 Å². The lowest BCUT2D eigenvalue weighted by molar-refractivity contribution is -0.135. The predicted octanol–water partition coefficient (Wildman–Crippen LogP) is 1.67. The van der Waals surface area contributed by atoms with E-state index >= 15 is 0 Å². The second-order valence-electron chi connectivity index (χ2n) is 5.55. The van der Waals surface area contributed by atoms with Gasteiger partial charge in [0.25, 0.3) is 0 Å². The van der Waals surface area contributed by atoms with Gasteiger partial charge in [-0.1, -0.05) is 30.3 Å². The summed E-state index contributed by atoms with van der Waals surface area (Å²) >= 11 is 0. The fourth-order valence-electron chi connectivity index (χ4n) is 2.66. The Kier molecular flexibility index (Phi) is 5.15. The third kappa shape index (κ3) is 3.81. The number of hydrogen-bond donors (Lipinski definition) is 2. The van der Waals surface area contributed by atoms with Crippen LogP contribution in [0, 0.1) is 0 Å². The van der Waals surface area contributed by atoms with Gasteiger partial charge in [-0.15, -0.1) is 0 Å². The Morgan fingerprint density at radius 1 is 1.40 bits per heavy atom. The highest BCUT2D eigenvalue weighted by Gasteiger charge is 2.39. The number of aliphatic hydroxyl groups excluding tert-OH is 1. The van der Waals surface area contributed by atoms with E-state index in [9.17, 15) is 9.90 Å². The number of hydrogen-bond acceptors (Lipinski definition) is 3. The van der Waals surface area contributed by atoms with Crippen molar-refractivity contribution in [2.24, 2.45) is 0 Å². The van der Waals surface area contributed by atoms with Gasteiger partial charge in [0.2, 0.25) is 5.91 Å². The highest BCUT2D eigenvalue weighted by atomic mass is 16.5. The number of ether oxygens (including phenoxy) is 1. The lowest BCUT2D eigenvalue weighted by Crippen LogP contribution is -2.47. The molecule has 0 aliphatic heterocycles. The molecule has 0 spiro atoms. The van der Waals surface area contributed by atoms with Crippen molar-refractivity contribution in [2.75, 3.05) is 13.7 Å². The molecule has 0 saturated heterocycles. The Morgan fingerprint density at radius 3 is 2.60 bits per heavy atom. The van der Waals surface area contributed by atoms with Gasteiger partial charge in [-0.25, -0.2) is 0 Å². The number of carbonyl (C=O) groups excluding carboxylic acids is 1. The van der Waals surface area contributed by atoms with Gasteiger partial charge in [0.1, 0.15) is 0 Å². The predicted molar refractivity (Wildman–Crippen MR) is 77.4 cm³/mol. The Bertz CT molecular complexity index is 423. The van der Waals surface area contributed by atoms with Crippen LogP contribution in [-0.4, -0.2) is 36.4 Å². The second kappa shape index (κ2) is 6.86. The molecule has 1 aliphatic rings. The Morgan fingerprint density at radius 2 is 2.10 bits per heavy atom. The number of amides is 1. The molecule has 0 radical (unpaired) electrons. The van der Waals surface area contributed by atoms with Crippen LogP contribution in [0.25, 0.3) is 0 Å². The monoisotopic (exact) mass is 277 g/mol. The number of methoxy groups -OCH3 is 1. The maximum absolute atomic E-state index is 12.1. The molecule has 110 valence electrons. The molecule has 1 aromatic rings. The van der Waals surface area contributed by atoms with Crippen LogP contribution < -0.4 is 5.32 Å². The van der Waals surface area contributed by atoms with E-state index < -0.39 is 0 Å². The van der Waals surface area contributed by atoms with Crippen molar-refractivity contribution >= 4 is 5.91 Å². The zero-order valence-corrected chi connectivity index (χ0v) is 12.0. The lowest BCUT2D eigenvalue weighted by atomic mass is 9.77. The molecule has 1 atom stereocenters. The van der Waals surface area contributed by atoms with Gasteiger partial charge in [0, 0.05) is 7.11 Å². The van der Waals surface area contributed by atoms with Gasteiger partial charge in [-0.05, 0) is 31.2 Å². The van der Waals surface area contributed by atoms with E-state index in [-0.39, 0.29) is 24.2 Å². The Labute approximate surface area is 120 Å². The van der Waals surface area contributed by atoms with Gasteiger partial charge in [0.15, 0.2) is 0 Å². The van der Waals surface area contributed by atoms with Crippen molar-refractivity contribution in [3.63, 3.8) is 0 Å². The third-order valence-corrected chi connectivity index (χ3v) is 4.09. The molecule has 1 amide bonds. The molecule has 2 rings (SSSR count).